The van der Waals surface area contributed by atoms with Gasteiger partial charge in [0.25, 0.3) is 0 Å². The molecule has 0 aromatic rings. The normalized spacial score (nSPS) is 37.2. The van der Waals surface area contributed by atoms with E-state index in [1.807, 2.05) is 6.92 Å². The van der Waals surface area contributed by atoms with Crippen LogP contribution in [0.4, 0.5) is 0 Å². The van der Waals surface area contributed by atoms with Gasteiger partial charge >= 0.3 is 0 Å². The SMILES string of the molecule is CC(C)CC(C)(O)CNC1C2CCOC2C1(C)C. The summed E-state index contributed by atoms with van der Waals surface area (Å²) in [6, 6.07) is 0.489. The number of nitrogens with one attached hydrogen (secondary N) is 1. The zero-order valence-electron chi connectivity index (χ0n) is 12.5. The van der Waals surface area contributed by atoms with E-state index in [0.29, 0.717) is 30.5 Å². The molecule has 18 heavy (non-hydrogen) atoms. The average Bonchev–Trinajstić information content (AvgIpc) is 2.61. The van der Waals surface area contributed by atoms with Crippen LogP contribution in [0.3, 0.4) is 0 Å². The van der Waals surface area contributed by atoms with Crippen LogP contribution < -0.4 is 5.32 Å². The minimum atomic E-state index is -0.602. The first kappa shape index (κ1) is 14.3. The van der Waals surface area contributed by atoms with Crippen LogP contribution in [0.25, 0.3) is 0 Å². The fourth-order valence-corrected chi connectivity index (χ4v) is 4.02. The third-order valence-electron chi connectivity index (χ3n) is 4.65. The predicted molar refractivity (Wildman–Crippen MR) is 73.5 cm³/mol. The summed E-state index contributed by atoms with van der Waals surface area (Å²) in [6.45, 7) is 12.4. The van der Waals surface area contributed by atoms with Gasteiger partial charge in [0.15, 0.2) is 0 Å². The van der Waals surface area contributed by atoms with Crippen LogP contribution >= 0.6 is 0 Å². The van der Waals surface area contributed by atoms with E-state index < -0.39 is 5.60 Å². The van der Waals surface area contributed by atoms with Gasteiger partial charge in [-0.3, -0.25) is 0 Å². The lowest BCUT2D eigenvalue weighted by Crippen LogP contribution is -2.67. The predicted octanol–water partition coefficient (Wildman–Crippen LogP) is 2.19. The summed E-state index contributed by atoms with van der Waals surface area (Å²) in [6.07, 6.45) is 2.43. The van der Waals surface area contributed by atoms with Crippen molar-refractivity contribution in [3.8, 4) is 0 Å². The van der Waals surface area contributed by atoms with Gasteiger partial charge < -0.3 is 15.2 Å². The average molecular weight is 255 g/mol. The first-order valence-electron chi connectivity index (χ1n) is 7.31. The molecule has 0 radical (unpaired) electrons. The van der Waals surface area contributed by atoms with Gasteiger partial charge in [-0.25, -0.2) is 0 Å². The Labute approximate surface area is 111 Å². The molecule has 4 atom stereocenters. The van der Waals surface area contributed by atoms with Crippen molar-refractivity contribution in [1.29, 1.82) is 0 Å². The zero-order valence-corrected chi connectivity index (χ0v) is 12.5. The van der Waals surface area contributed by atoms with Crippen molar-refractivity contribution in [2.45, 2.75) is 65.2 Å². The highest BCUT2D eigenvalue weighted by Gasteiger charge is 2.59. The molecule has 1 aliphatic carbocycles. The Kier molecular flexibility index (Phi) is 3.79. The molecule has 2 aliphatic rings. The molecule has 0 spiro atoms. The number of aliphatic hydroxyl groups is 1. The lowest BCUT2D eigenvalue weighted by atomic mass is 9.57. The minimum absolute atomic E-state index is 0.203. The summed E-state index contributed by atoms with van der Waals surface area (Å²) in [5.74, 6) is 1.17. The second kappa shape index (κ2) is 4.77. The summed E-state index contributed by atoms with van der Waals surface area (Å²) >= 11 is 0. The second-order valence-corrected chi connectivity index (χ2v) is 7.52. The smallest absolute Gasteiger partial charge is 0.0746 e. The van der Waals surface area contributed by atoms with Crippen molar-refractivity contribution >= 4 is 0 Å². The quantitative estimate of drug-likeness (QED) is 0.791. The highest BCUT2D eigenvalue weighted by molar-refractivity contribution is 5.11. The Morgan fingerprint density at radius 2 is 2.11 bits per heavy atom. The third-order valence-corrected chi connectivity index (χ3v) is 4.65. The molecule has 2 rings (SSSR count). The number of fused-ring (bicyclic) bond motifs is 1. The molecule has 0 bridgehead atoms. The molecule has 2 fully saturated rings. The fraction of sp³-hybridized carbons (Fsp3) is 1.00. The number of rotatable bonds is 5. The molecule has 3 heteroatoms. The highest BCUT2D eigenvalue weighted by atomic mass is 16.5. The summed E-state index contributed by atoms with van der Waals surface area (Å²) in [7, 11) is 0. The van der Waals surface area contributed by atoms with Gasteiger partial charge in [-0.05, 0) is 25.7 Å². The number of hydrogen-bond acceptors (Lipinski definition) is 3. The van der Waals surface area contributed by atoms with E-state index in [9.17, 15) is 5.11 Å². The Bertz CT molecular complexity index is 299. The molecule has 3 nitrogen and oxygen atoms in total. The first-order valence-corrected chi connectivity index (χ1v) is 7.31. The van der Waals surface area contributed by atoms with E-state index in [-0.39, 0.29) is 5.41 Å². The largest absolute Gasteiger partial charge is 0.389 e. The second-order valence-electron chi connectivity index (χ2n) is 7.52. The Hall–Kier alpha value is -0.120. The molecular weight excluding hydrogens is 226 g/mol. The van der Waals surface area contributed by atoms with Crippen LogP contribution in [-0.2, 0) is 4.74 Å². The molecule has 1 saturated carbocycles. The van der Waals surface area contributed by atoms with Crippen molar-refractivity contribution in [3.05, 3.63) is 0 Å². The van der Waals surface area contributed by atoms with Crippen LogP contribution in [0.5, 0.6) is 0 Å². The van der Waals surface area contributed by atoms with Gasteiger partial charge in [-0.1, -0.05) is 27.7 Å². The van der Waals surface area contributed by atoms with Crippen LogP contribution in [0.2, 0.25) is 0 Å². The van der Waals surface area contributed by atoms with Crippen molar-refractivity contribution in [3.63, 3.8) is 0 Å². The van der Waals surface area contributed by atoms with E-state index in [4.69, 9.17) is 4.74 Å². The molecular formula is C15H29NO2. The van der Waals surface area contributed by atoms with Crippen molar-refractivity contribution in [1.82, 2.24) is 5.32 Å². The van der Waals surface area contributed by atoms with Crippen LogP contribution in [0.1, 0.15) is 47.5 Å². The van der Waals surface area contributed by atoms with Crippen LogP contribution in [-0.4, -0.2) is 36.0 Å². The lowest BCUT2D eigenvalue weighted by Gasteiger charge is -2.55. The molecule has 1 aliphatic heterocycles. The summed E-state index contributed by atoms with van der Waals surface area (Å²) in [5, 5.41) is 14.0. The maximum Gasteiger partial charge on any atom is 0.0746 e. The molecule has 106 valence electrons. The van der Waals surface area contributed by atoms with Crippen molar-refractivity contribution < 1.29 is 9.84 Å². The highest BCUT2D eigenvalue weighted by Crippen LogP contribution is 2.52. The monoisotopic (exact) mass is 255 g/mol. The van der Waals surface area contributed by atoms with Crippen molar-refractivity contribution in [2.24, 2.45) is 17.3 Å². The molecule has 1 saturated heterocycles. The maximum absolute atomic E-state index is 10.4. The van der Waals surface area contributed by atoms with E-state index in [2.05, 4.69) is 33.0 Å². The van der Waals surface area contributed by atoms with Crippen molar-refractivity contribution in [2.75, 3.05) is 13.2 Å². The van der Waals surface area contributed by atoms with E-state index in [0.717, 1.165) is 19.4 Å². The summed E-state index contributed by atoms with van der Waals surface area (Å²) in [4.78, 5) is 0. The minimum Gasteiger partial charge on any atom is -0.389 e. The summed E-state index contributed by atoms with van der Waals surface area (Å²) in [5.41, 5.74) is -0.399. The Morgan fingerprint density at radius 3 is 2.72 bits per heavy atom. The Morgan fingerprint density at radius 1 is 1.44 bits per heavy atom. The molecule has 4 unspecified atom stereocenters. The first-order chi connectivity index (χ1) is 8.24. The molecule has 1 heterocycles. The standard InChI is InChI=1S/C15H29NO2/c1-10(2)8-15(5,17)9-16-12-11-6-7-18-13(11)14(12,3)4/h10-13,16-17H,6-9H2,1-5H3. The maximum atomic E-state index is 10.4. The zero-order chi connectivity index (χ0) is 13.6. The van der Waals surface area contributed by atoms with Gasteiger partial charge in [0.2, 0.25) is 0 Å². The fourth-order valence-electron chi connectivity index (χ4n) is 4.02. The number of ether oxygens (including phenoxy) is 1. The third kappa shape index (κ3) is 2.59. The molecule has 2 N–H and O–H groups in total. The van der Waals surface area contributed by atoms with Gasteiger partial charge in [0.1, 0.15) is 0 Å². The summed E-state index contributed by atoms with van der Waals surface area (Å²) < 4.78 is 5.79. The molecule has 0 aromatic heterocycles. The lowest BCUT2D eigenvalue weighted by molar-refractivity contribution is -0.117. The van der Waals surface area contributed by atoms with E-state index >= 15 is 0 Å². The van der Waals surface area contributed by atoms with Crippen LogP contribution in [0.15, 0.2) is 0 Å². The Balaban J connectivity index is 1.87. The van der Waals surface area contributed by atoms with Gasteiger partial charge in [0.05, 0.1) is 11.7 Å². The van der Waals surface area contributed by atoms with Crippen LogP contribution in [0, 0.1) is 17.3 Å². The van der Waals surface area contributed by atoms with Gasteiger partial charge in [0, 0.05) is 30.5 Å². The molecule has 0 aromatic carbocycles. The van der Waals surface area contributed by atoms with Gasteiger partial charge in [-0.15, -0.1) is 0 Å². The topological polar surface area (TPSA) is 41.5 Å². The number of hydrogen-bond donors (Lipinski definition) is 2. The van der Waals surface area contributed by atoms with E-state index in [1.54, 1.807) is 0 Å². The van der Waals surface area contributed by atoms with Gasteiger partial charge in [-0.2, -0.15) is 0 Å². The van der Waals surface area contributed by atoms with E-state index in [1.165, 1.54) is 0 Å². The molecule has 0 amide bonds.